The van der Waals surface area contributed by atoms with Gasteiger partial charge in [-0.1, -0.05) is 13.8 Å². The van der Waals surface area contributed by atoms with Gasteiger partial charge in [0.2, 0.25) is 5.91 Å². The van der Waals surface area contributed by atoms with Gasteiger partial charge in [-0.3, -0.25) is 14.5 Å². The van der Waals surface area contributed by atoms with E-state index in [1.54, 1.807) is 24.3 Å². The summed E-state index contributed by atoms with van der Waals surface area (Å²) in [4.78, 5) is 30.4. The van der Waals surface area contributed by atoms with Gasteiger partial charge in [0.25, 0.3) is 5.91 Å². The number of methoxy groups -OCH3 is 1. The summed E-state index contributed by atoms with van der Waals surface area (Å²) in [5.41, 5.74) is 1.71. The van der Waals surface area contributed by atoms with Crippen molar-refractivity contribution >= 4 is 17.5 Å². The Bertz CT molecular complexity index is 1010. The first kappa shape index (κ1) is 24.9. The Morgan fingerprint density at radius 3 is 2.54 bits per heavy atom. The summed E-state index contributed by atoms with van der Waals surface area (Å²) in [6.45, 7) is 7.93. The van der Waals surface area contributed by atoms with Gasteiger partial charge < -0.3 is 18.8 Å². The zero-order valence-electron chi connectivity index (χ0n) is 20.7. The van der Waals surface area contributed by atoms with E-state index in [-0.39, 0.29) is 30.3 Å². The van der Waals surface area contributed by atoms with Gasteiger partial charge in [0.1, 0.15) is 24.1 Å². The van der Waals surface area contributed by atoms with Crippen LogP contribution in [-0.2, 0) is 14.3 Å². The van der Waals surface area contributed by atoms with Gasteiger partial charge in [-0.25, -0.2) is 5.01 Å². The number of carbonyl (C=O) groups is 2. The number of nitrogens with zero attached hydrogens (tertiary/aromatic N) is 4. The van der Waals surface area contributed by atoms with E-state index in [1.165, 1.54) is 5.01 Å². The molecule has 2 amide bonds. The molecule has 0 saturated carbocycles. The Balaban J connectivity index is 1.52. The highest BCUT2D eigenvalue weighted by molar-refractivity contribution is 6.03. The molecule has 1 aromatic carbocycles. The fraction of sp³-hybridized carbons (Fsp3) is 0.500. The average Bonchev–Trinajstić information content (AvgIpc) is 3.57. The second-order valence-corrected chi connectivity index (χ2v) is 9.12. The summed E-state index contributed by atoms with van der Waals surface area (Å²) < 4.78 is 16.3. The van der Waals surface area contributed by atoms with Gasteiger partial charge in [-0.05, 0) is 42.0 Å². The van der Waals surface area contributed by atoms with E-state index < -0.39 is 0 Å². The number of morpholine rings is 1. The molecule has 3 heterocycles. The highest BCUT2D eigenvalue weighted by Crippen LogP contribution is 2.33. The molecule has 2 aliphatic rings. The van der Waals surface area contributed by atoms with Crippen LogP contribution in [-0.4, -0.2) is 85.4 Å². The number of rotatable bonds is 9. The third-order valence-corrected chi connectivity index (χ3v) is 6.38. The zero-order chi connectivity index (χ0) is 24.8. The number of carbonyl (C=O) groups excluding carboxylic acids is 2. The molecule has 1 aromatic heterocycles. The highest BCUT2D eigenvalue weighted by Gasteiger charge is 2.36. The van der Waals surface area contributed by atoms with Crippen molar-refractivity contribution in [2.24, 2.45) is 11.0 Å². The van der Waals surface area contributed by atoms with E-state index in [2.05, 4.69) is 4.90 Å². The number of hydrazone groups is 1. The van der Waals surface area contributed by atoms with Gasteiger partial charge in [-0.2, -0.15) is 5.10 Å². The molecule has 2 aliphatic heterocycles. The van der Waals surface area contributed by atoms with Crippen LogP contribution in [0.3, 0.4) is 0 Å². The van der Waals surface area contributed by atoms with Gasteiger partial charge in [0, 0.05) is 38.5 Å². The zero-order valence-corrected chi connectivity index (χ0v) is 20.7. The summed E-state index contributed by atoms with van der Waals surface area (Å²) in [6, 6.07) is 10.9. The lowest BCUT2D eigenvalue weighted by molar-refractivity contribution is -0.143. The van der Waals surface area contributed by atoms with E-state index in [0.29, 0.717) is 38.5 Å². The molecule has 0 N–H and O–H groups in total. The Morgan fingerprint density at radius 2 is 1.91 bits per heavy atom. The number of hydrogen-bond donors (Lipinski definition) is 0. The van der Waals surface area contributed by atoms with Gasteiger partial charge in [-0.15, -0.1) is 0 Å². The molecule has 1 atom stereocenters. The predicted molar refractivity (Wildman–Crippen MR) is 131 cm³/mol. The van der Waals surface area contributed by atoms with Crippen molar-refractivity contribution in [3.8, 4) is 5.75 Å². The van der Waals surface area contributed by atoms with Crippen molar-refractivity contribution in [2.75, 3.05) is 53.0 Å². The number of amides is 2. The van der Waals surface area contributed by atoms with Crippen LogP contribution in [0.2, 0.25) is 0 Å². The topological polar surface area (TPSA) is 87.8 Å². The van der Waals surface area contributed by atoms with Crippen LogP contribution in [0.4, 0.5) is 0 Å². The molecule has 0 spiro atoms. The predicted octanol–water partition coefficient (Wildman–Crippen LogP) is 2.78. The lowest BCUT2D eigenvalue weighted by Crippen LogP contribution is -2.47. The van der Waals surface area contributed by atoms with Crippen molar-refractivity contribution in [1.82, 2.24) is 14.8 Å². The van der Waals surface area contributed by atoms with Gasteiger partial charge >= 0.3 is 0 Å². The number of benzene rings is 1. The minimum absolute atomic E-state index is 0.0298. The minimum Gasteiger partial charge on any atom is -0.497 e. The first-order chi connectivity index (χ1) is 17.0. The van der Waals surface area contributed by atoms with Crippen LogP contribution in [0.1, 0.15) is 37.6 Å². The van der Waals surface area contributed by atoms with E-state index in [0.717, 1.165) is 30.1 Å². The molecular formula is C26H34N4O5. The maximum atomic E-state index is 13.5. The Hall–Kier alpha value is -3.17. The van der Waals surface area contributed by atoms with E-state index >= 15 is 0 Å². The van der Waals surface area contributed by atoms with Crippen LogP contribution in [0.5, 0.6) is 5.75 Å². The summed E-state index contributed by atoms with van der Waals surface area (Å²) >= 11 is 0. The second kappa shape index (κ2) is 11.5. The third-order valence-electron chi connectivity index (χ3n) is 6.38. The van der Waals surface area contributed by atoms with Gasteiger partial charge in [0.15, 0.2) is 0 Å². The third kappa shape index (κ3) is 6.10. The molecule has 0 radical (unpaired) electrons. The second-order valence-electron chi connectivity index (χ2n) is 9.12. The molecule has 9 heteroatoms. The maximum Gasteiger partial charge on any atom is 0.262 e. The molecule has 188 valence electrons. The number of ether oxygens (including phenoxy) is 2. The lowest BCUT2D eigenvalue weighted by atomic mass is 10.0. The Labute approximate surface area is 206 Å². The summed E-state index contributed by atoms with van der Waals surface area (Å²) in [7, 11) is 1.62. The summed E-state index contributed by atoms with van der Waals surface area (Å²) in [5, 5.41) is 6.17. The monoisotopic (exact) mass is 482 g/mol. The molecule has 35 heavy (non-hydrogen) atoms. The lowest BCUT2D eigenvalue weighted by Gasteiger charge is -2.31. The van der Waals surface area contributed by atoms with Gasteiger partial charge in [0.05, 0.1) is 32.3 Å². The normalized spacial score (nSPS) is 18.6. The fourth-order valence-corrected chi connectivity index (χ4v) is 4.36. The largest absolute Gasteiger partial charge is 0.497 e. The van der Waals surface area contributed by atoms with Crippen LogP contribution < -0.4 is 4.74 Å². The molecule has 1 saturated heterocycles. The minimum atomic E-state index is -0.357. The quantitative estimate of drug-likeness (QED) is 0.546. The van der Waals surface area contributed by atoms with Crippen LogP contribution >= 0.6 is 0 Å². The number of furan rings is 1. The van der Waals surface area contributed by atoms with Crippen molar-refractivity contribution in [2.45, 2.75) is 26.3 Å². The van der Waals surface area contributed by atoms with Crippen LogP contribution in [0.15, 0.2) is 52.2 Å². The Morgan fingerprint density at radius 1 is 1.17 bits per heavy atom. The number of hydrogen-bond acceptors (Lipinski definition) is 7. The molecular weight excluding hydrogens is 448 g/mol. The van der Waals surface area contributed by atoms with E-state index in [1.807, 2.05) is 44.2 Å². The molecule has 9 nitrogen and oxygen atoms in total. The van der Waals surface area contributed by atoms with E-state index in [4.69, 9.17) is 19.0 Å². The fourth-order valence-electron chi connectivity index (χ4n) is 4.36. The standard InChI is InChI=1S/C26H34N4O5/c1-19(2)26(32)29(11-10-28-12-15-34-16-13-28)18-25(31)30-23(24-5-4-14-35-24)17-22(27-30)20-6-8-21(33-3)9-7-20/h4-9,14,19,23H,10-13,15-18H2,1-3H3. The van der Waals surface area contributed by atoms with Crippen LogP contribution in [0.25, 0.3) is 0 Å². The maximum absolute atomic E-state index is 13.5. The summed E-state index contributed by atoms with van der Waals surface area (Å²) in [6.07, 6.45) is 2.12. The molecule has 1 unspecified atom stereocenters. The molecule has 0 aliphatic carbocycles. The Kier molecular flexibility index (Phi) is 8.20. The van der Waals surface area contributed by atoms with Crippen molar-refractivity contribution in [3.63, 3.8) is 0 Å². The van der Waals surface area contributed by atoms with Crippen LogP contribution in [0, 0.1) is 5.92 Å². The van der Waals surface area contributed by atoms with E-state index in [9.17, 15) is 9.59 Å². The molecule has 4 rings (SSSR count). The van der Waals surface area contributed by atoms with Crippen molar-refractivity contribution < 1.29 is 23.5 Å². The summed E-state index contributed by atoms with van der Waals surface area (Å²) in [5.74, 6) is 0.947. The molecule has 1 fully saturated rings. The average molecular weight is 483 g/mol. The van der Waals surface area contributed by atoms with Crippen molar-refractivity contribution in [3.05, 3.63) is 54.0 Å². The molecule has 2 aromatic rings. The first-order valence-corrected chi connectivity index (χ1v) is 12.1. The highest BCUT2D eigenvalue weighted by atomic mass is 16.5. The first-order valence-electron chi connectivity index (χ1n) is 12.1. The van der Waals surface area contributed by atoms with Crippen molar-refractivity contribution in [1.29, 1.82) is 0 Å². The molecule has 0 bridgehead atoms. The SMILES string of the molecule is COc1ccc(C2=NN(C(=O)CN(CCN3CCOCC3)C(=O)C(C)C)C(c3ccco3)C2)cc1. The smallest absolute Gasteiger partial charge is 0.262 e.